The fourth-order valence-electron chi connectivity index (χ4n) is 4.43. The molecular weight excluding hydrogens is 489 g/mol. The summed E-state index contributed by atoms with van der Waals surface area (Å²) in [6, 6.07) is 14.2. The predicted molar refractivity (Wildman–Crippen MR) is 140 cm³/mol. The van der Waals surface area contributed by atoms with E-state index in [1.807, 2.05) is 51.1 Å². The number of esters is 1. The van der Waals surface area contributed by atoms with Crippen LogP contribution >= 0.6 is 0 Å². The molecule has 1 atom stereocenters. The number of piperazine rings is 1. The Hall–Kier alpha value is -4.34. The van der Waals surface area contributed by atoms with Gasteiger partial charge in [-0.25, -0.2) is 23.9 Å². The summed E-state index contributed by atoms with van der Waals surface area (Å²) in [5.41, 5.74) is 1.51. The monoisotopic (exact) mass is 519 g/mol. The van der Waals surface area contributed by atoms with Crippen LogP contribution in [0.25, 0.3) is 11.4 Å². The Morgan fingerprint density at radius 3 is 2.42 bits per heavy atom. The van der Waals surface area contributed by atoms with Gasteiger partial charge in [0.15, 0.2) is 5.82 Å². The Bertz CT molecular complexity index is 1350. The van der Waals surface area contributed by atoms with Crippen LogP contribution in [-0.4, -0.2) is 70.5 Å². The number of ether oxygens (including phenoxy) is 1. The number of amides is 3. The van der Waals surface area contributed by atoms with Gasteiger partial charge in [-0.1, -0.05) is 50.2 Å². The average molecular weight is 520 g/mol. The fraction of sp³-hybridized carbons (Fsp3) is 0.321. The third-order valence-corrected chi connectivity index (χ3v) is 6.36. The van der Waals surface area contributed by atoms with Crippen LogP contribution in [0.5, 0.6) is 0 Å². The molecule has 0 spiro atoms. The van der Waals surface area contributed by atoms with E-state index in [9.17, 15) is 18.8 Å². The summed E-state index contributed by atoms with van der Waals surface area (Å²) in [6.07, 6.45) is 0. The van der Waals surface area contributed by atoms with E-state index in [2.05, 4.69) is 15.3 Å². The molecule has 0 bridgehead atoms. The molecule has 9 nitrogen and oxygen atoms in total. The lowest BCUT2D eigenvalue weighted by molar-refractivity contribution is 0.0550. The first-order chi connectivity index (χ1) is 18.2. The highest BCUT2D eigenvalue weighted by Gasteiger charge is 2.35. The van der Waals surface area contributed by atoms with Crippen molar-refractivity contribution in [3.8, 4) is 11.4 Å². The fourth-order valence-corrected chi connectivity index (χ4v) is 4.43. The molecule has 1 N–H and O–H groups in total. The molecule has 10 heteroatoms. The van der Waals surface area contributed by atoms with E-state index in [1.54, 1.807) is 15.9 Å². The first-order valence-corrected chi connectivity index (χ1v) is 12.4. The Morgan fingerprint density at radius 1 is 1.05 bits per heavy atom. The second-order valence-corrected chi connectivity index (χ2v) is 9.40. The van der Waals surface area contributed by atoms with Crippen LogP contribution in [0.3, 0.4) is 0 Å². The SMILES string of the molecule is COC(=O)c1c(C(=O)N2CCN(C(=O)Nc3cccc(F)c3)C(C)C2)nc(-c2ccccc2)nc1C(C)C. The van der Waals surface area contributed by atoms with Crippen LogP contribution in [0.4, 0.5) is 14.9 Å². The summed E-state index contributed by atoms with van der Waals surface area (Å²) in [5, 5.41) is 2.70. The minimum Gasteiger partial charge on any atom is -0.465 e. The van der Waals surface area contributed by atoms with Gasteiger partial charge in [-0.2, -0.15) is 0 Å². The number of hydrogen-bond donors (Lipinski definition) is 1. The number of nitrogens with zero attached hydrogens (tertiary/aromatic N) is 4. The van der Waals surface area contributed by atoms with E-state index in [-0.39, 0.29) is 48.9 Å². The van der Waals surface area contributed by atoms with E-state index in [4.69, 9.17) is 4.74 Å². The number of carbonyl (C=O) groups excluding carboxylic acids is 3. The van der Waals surface area contributed by atoms with E-state index >= 15 is 0 Å². The Labute approximate surface area is 220 Å². The van der Waals surface area contributed by atoms with Gasteiger partial charge < -0.3 is 19.9 Å². The van der Waals surface area contributed by atoms with Crippen LogP contribution in [0.1, 0.15) is 53.2 Å². The quantitative estimate of drug-likeness (QED) is 0.495. The van der Waals surface area contributed by atoms with Gasteiger partial charge in [-0.3, -0.25) is 4.79 Å². The van der Waals surface area contributed by atoms with Crippen molar-refractivity contribution in [1.82, 2.24) is 19.8 Å². The van der Waals surface area contributed by atoms with Crippen LogP contribution < -0.4 is 5.32 Å². The molecule has 4 rings (SSSR count). The molecule has 2 heterocycles. The molecule has 1 aromatic heterocycles. The molecule has 1 saturated heterocycles. The van der Waals surface area contributed by atoms with E-state index in [1.165, 1.54) is 25.3 Å². The third kappa shape index (κ3) is 5.64. The van der Waals surface area contributed by atoms with Crippen LogP contribution in [-0.2, 0) is 4.74 Å². The molecule has 3 aromatic rings. The van der Waals surface area contributed by atoms with Gasteiger partial charge in [0.25, 0.3) is 5.91 Å². The molecule has 1 aliphatic heterocycles. The first kappa shape index (κ1) is 26.7. The van der Waals surface area contributed by atoms with E-state index in [0.29, 0.717) is 22.8 Å². The summed E-state index contributed by atoms with van der Waals surface area (Å²) in [4.78, 5) is 51.8. The zero-order valence-corrected chi connectivity index (χ0v) is 21.8. The molecule has 2 aromatic carbocycles. The lowest BCUT2D eigenvalue weighted by Crippen LogP contribution is -2.56. The molecule has 198 valence electrons. The maximum atomic E-state index is 13.8. The van der Waals surface area contributed by atoms with Crippen LogP contribution in [0.15, 0.2) is 54.6 Å². The highest BCUT2D eigenvalue weighted by molar-refractivity contribution is 6.05. The summed E-state index contributed by atoms with van der Waals surface area (Å²) < 4.78 is 18.5. The Morgan fingerprint density at radius 2 is 1.79 bits per heavy atom. The molecule has 1 fully saturated rings. The zero-order chi connectivity index (χ0) is 27.4. The topological polar surface area (TPSA) is 105 Å². The third-order valence-electron chi connectivity index (χ3n) is 6.36. The number of aromatic nitrogens is 2. The predicted octanol–water partition coefficient (Wildman–Crippen LogP) is 4.57. The maximum Gasteiger partial charge on any atom is 0.342 e. The number of anilines is 1. The summed E-state index contributed by atoms with van der Waals surface area (Å²) in [5.74, 6) is -1.41. The standard InChI is InChI=1S/C28H30FN5O4/c1-17(2)23-22(27(36)38-4)24(32-25(31-23)19-9-6-5-7-10-19)26(35)33-13-14-34(18(3)16-33)28(37)30-21-12-8-11-20(29)15-21/h5-12,15,17-18H,13-14,16H2,1-4H3,(H,30,37). The maximum absolute atomic E-state index is 13.8. The van der Waals surface area contributed by atoms with Gasteiger partial charge in [0, 0.05) is 36.9 Å². The van der Waals surface area contributed by atoms with Gasteiger partial charge in [-0.05, 0) is 31.0 Å². The van der Waals surface area contributed by atoms with Crippen molar-refractivity contribution in [2.24, 2.45) is 0 Å². The molecule has 1 unspecified atom stereocenters. The summed E-state index contributed by atoms with van der Waals surface area (Å²) in [7, 11) is 1.25. The second-order valence-electron chi connectivity index (χ2n) is 9.40. The molecule has 1 aliphatic rings. The largest absolute Gasteiger partial charge is 0.465 e. The van der Waals surface area contributed by atoms with Crippen molar-refractivity contribution in [3.63, 3.8) is 0 Å². The molecule has 3 amide bonds. The van der Waals surface area contributed by atoms with Crippen LogP contribution in [0.2, 0.25) is 0 Å². The van der Waals surface area contributed by atoms with Crippen molar-refractivity contribution in [1.29, 1.82) is 0 Å². The second kappa shape index (κ2) is 11.4. The van der Waals surface area contributed by atoms with Crippen LogP contribution in [0, 0.1) is 5.82 Å². The summed E-state index contributed by atoms with van der Waals surface area (Å²) >= 11 is 0. The number of hydrogen-bond acceptors (Lipinski definition) is 6. The molecule has 38 heavy (non-hydrogen) atoms. The number of halogens is 1. The normalized spacial score (nSPS) is 15.4. The first-order valence-electron chi connectivity index (χ1n) is 12.4. The van der Waals surface area contributed by atoms with Crippen molar-refractivity contribution in [3.05, 3.63) is 77.4 Å². The van der Waals surface area contributed by atoms with Crippen molar-refractivity contribution >= 4 is 23.6 Å². The molecular formula is C28H30FN5O4. The van der Waals surface area contributed by atoms with Crippen molar-refractivity contribution in [2.75, 3.05) is 32.1 Å². The smallest absolute Gasteiger partial charge is 0.342 e. The number of benzene rings is 2. The minimum atomic E-state index is -0.683. The van der Waals surface area contributed by atoms with E-state index in [0.717, 1.165) is 0 Å². The van der Waals surface area contributed by atoms with Gasteiger partial charge in [-0.15, -0.1) is 0 Å². The van der Waals surface area contributed by atoms with E-state index < -0.39 is 17.7 Å². The Kier molecular flexibility index (Phi) is 7.99. The highest BCUT2D eigenvalue weighted by atomic mass is 19.1. The minimum absolute atomic E-state index is 0.0285. The number of urea groups is 1. The van der Waals surface area contributed by atoms with Crippen molar-refractivity contribution in [2.45, 2.75) is 32.7 Å². The molecule has 0 saturated carbocycles. The molecule has 0 aliphatic carbocycles. The lowest BCUT2D eigenvalue weighted by atomic mass is 10.00. The van der Waals surface area contributed by atoms with Gasteiger partial charge >= 0.3 is 12.0 Å². The number of methoxy groups -OCH3 is 1. The highest BCUT2D eigenvalue weighted by Crippen LogP contribution is 2.27. The van der Waals surface area contributed by atoms with Gasteiger partial charge in [0.1, 0.15) is 17.1 Å². The average Bonchev–Trinajstić information content (AvgIpc) is 2.91. The van der Waals surface area contributed by atoms with Gasteiger partial charge in [0.2, 0.25) is 0 Å². The van der Waals surface area contributed by atoms with Gasteiger partial charge in [0.05, 0.1) is 12.8 Å². The summed E-state index contributed by atoms with van der Waals surface area (Å²) in [6.45, 7) is 6.28. The van der Waals surface area contributed by atoms with Crippen molar-refractivity contribution < 1.29 is 23.5 Å². The number of carbonyl (C=O) groups is 3. The zero-order valence-electron chi connectivity index (χ0n) is 21.8. The number of nitrogens with one attached hydrogen (secondary N) is 1. The number of rotatable bonds is 5. The molecule has 0 radical (unpaired) electrons. The Balaban J connectivity index is 1.62. The lowest BCUT2D eigenvalue weighted by Gasteiger charge is -2.39.